The molecule has 1 aliphatic rings. The maximum Gasteiger partial charge on any atom is 0.417 e. The van der Waals surface area contributed by atoms with Crippen molar-refractivity contribution in [1.29, 1.82) is 5.26 Å². The Hall–Kier alpha value is -1.74. The van der Waals surface area contributed by atoms with Gasteiger partial charge in [0.15, 0.2) is 0 Å². The summed E-state index contributed by atoms with van der Waals surface area (Å²) in [5.41, 5.74) is -0.780. The molecule has 0 bridgehead atoms. The van der Waals surface area contributed by atoms with Crippen molar-refractivity contribution in [3.05, 3.63) is 29.3 Å². The highest BCUT2D eigenvalue weighted by atomic mass is 19.4. The van der Waals surface area contributed by atoms with Gasteiger partial charge in [0.25, 0.3) is 0 Å². The monoisotopic (exact) mass is 298 g/mol. The van der Waals surface area contributed by atoms with Gasteiger partial charge in [-0.1, -0.05) is 0 Å². The number of nitrogens with zero attached hydrogens (tertiary/aromatic N) is 2. The van der Waals surface area contributed by atoms with Gasteiger partial charge in [0.2, 0.25) is 0 Å². The van der Waals surface area contributed by atoms with Gasteiger partial charge in [0.05, 0.1) is 17.2 Å². The van der Waals surface area contributed by atoms with Crippen LogP contribution in [0.15, 0.2) is 18.2 Å². The first-order valence-electron chi connectivity index (χ1n) is 6.96. The Kier molecular flexibility index (Phi) is 4.73. The second-order valence-electron chi connectivity index (χ2n) is 5.19. The molecule has 2 rings (SSSR count). The van der Waals surface area contributed by atoms with Crippen LogP contribution >= 0.6 is 0 Å². The predicted molar refractivity (Wildman–Crippen MR) is 72.8 cm³/mol. The smallest absolute Gasteiger partial charge is 0.396 e. The maximum absolute atomic E-state index is 13.0. The topological polar surface area (TPSA) is 47.3 Å². The van der Waals surface area contributed by atoms with Gasteiger partial charge < -0.3 is 10.0 Å². The van der Waals surface area contributed by atoms with Crippen LogP contribution in [-0.2, 0) is 6.18 Å². The van der Waals surface area contributed by atoms with Gasteiger partial charge in [-0.25, -0.2) is 0 Å². The minimum atomic E-state index is -4.54. The third-order valence-corrected chi connectivity index (χ3v) is 3.83. The molecule has 0 radical (unpaired) electrons. The number of hydrogen-bond donors (Lipinski definition) is 1. The van der Waals surface area contributed by atoms with Gasteiger partial charge in [-0.15, -0.1) is 0 Å². The molecule has 1 fully saturated rings. The first kappa shape index (κ1) is 15.6. The molecule has 1 aromatic rings. The molecule has 0 unspecified atom stereocenters. The Morgan fingerprint density at radius 1 is 1.33 bits per heavy atom. The van der Waals surface area contributed by atoms with E-state index in [2.05, 4.69) is 0 Å². The predicted octanol–water partition coefficient (Wildman–Crippen LogP) is 3.32. The highest BCUT2D eigenvalue weighted by molar-refractivity contribution is 5.55. The Bertz CT molecular complexity index is 533. The number of halogens is 3. The Labute approximate surface area is 121 Å². The molecule has 1 saturated carbocycles. The molecule has 1 N–H and O–H groups in total. The van der Waals surface area contributed by atoms with E-state index in [1.165, 1.54) is 6.07 Å². The van der Waals surface area contributed by atoms with E-state index < -0.39 is 11.7 Å². The molecule has 0 saturated heterocycles. The van der Waals surface area contributed by atoms with Gasteiger partial charge >= 0.3 is 6.18 Å². The zero-order valence-electron chi connectivity index (χ0n) is 11.5. The van der Waals surface area contributed by atoms with Gasteiger partial charge in [-0.05, 0) is 43.9 Å². The Morgan fingerprint density at radius 2 is 2.05 bits per heavy atom. The molecule has 0 amide bonds. The summed E-state index contributed by atoms with van der Waals surface area (Å²) in [5, 5.41) is 17.8. The third kappa shape index (κ3) is 3.48. The van der Waals surface area contributed by atoms with Crippen LogP contribution in [-0.4, -0.2) is 24.3 Å². The minimum absolute atomic E-state index is 0.00558. The Morgan fingerprint density at radius 3 is 2.52 bits per heavy atom. The van der Waals surface area contributed by atoms with Gasteiger partial charge in [-0.2, -0.15) is 18.4 Å². The molecule has 6 heteroatoms. The summed E-state index contributed by atoms with van der Waals surface area (Å²) in [6, 6.07) is 5.65. The molecule has 3 nitrogen and oxygen atoms in total. The number of benzene rings is 1. The molecule has 1 aliphatic carbocycles. The summed E-state index contributed by atoms with van der Waals surface area (Å²) in [6.45, 7) is 0.524. The molecule has 1 aromatic carbocycles. The zero-order chi connectivity index (χ0) is 15.5. The van der Waals surface area contributed by atoms with E-state index in [0.717, 1.165) is 25.3 Å². The molecule has 0 atom stereocenters. The highest BCUT2D eigenvalue weighted by Gasteiger charge is 2.35. The van der Waals surface area contributed by atoms with Crippen molar-refractivity contribution in [3.63, 3.8) is 0 Å². The van der Waals surface area contributed by atoms with Crippen molar-refractivity contribution in [2.75, 3.05) is 18.1 Å². The van der Waals surface area contributed by atoms with Crippen molar-refractivity contribution >= 4 is 5.69 Å². The van der Waals surface area contributed by atoms with Crippen LogP contribution < -0.4 is 4.90 Å². The zero-order valence-corrected chi connectivity index (χ0v) is 11.5. The van der Waals surface area contributed by atoms with E-state index >= 15 is 0 Å². The van der Waals surface area contributed by atoms with E-state index in [-0.39, 0.29) is 18.2 Å². The molecule has 0 spiro atoms. The molecule has 21 heavy (non-hydrogen) atoms. The van der Waals surface area contributed by atoms with Crippen LogP contribution in [0.25, 0.3) is 0 Å². The second kappa shape index (κ2) is 6.35. The molecular formula is C15H17F3N2O. The fourth-order valence-corrected chi connectivity index (χ4v) is 2.50. The van der Waals surface area contributed by atoms with Crippen LogP contribution in [0.1, 0.15) is 36.8 Å². The Balaban J connectivity index is 2.34. The van der Waals surface area contributed by atoms with Crippen LogP contribution in [0.2, 0.25) is 0 Å². The largest absolute Gasteiger partial charge is 0.417 e. The average molecular weight is 298 g/mol. The van der Waals surface area contributed by atoms with E-state index in [4.69, 9.17) is 10.4 Å². The van der Waals surface area contributed by atoms with Gasteiger partial charge in [0.1, 0.15) is 0 Å². The fourth-order valence-electron chi connectivity index (χ4n) is 2.50. The summed E-state index contributed by atoms with van der Waals surface area (Å²) < 4.78 is 39.1. The number of aliphatic hydroxyl groups is 1. The van der Waals surface area contributed by atoms with Crippen molar-refractivity contribution < 1.29 is 18.3 Å². The number of hydrogen-bond acceptors (Lipinski definition) is 3. The third-order valence-electron chi connectivity index (χ3n) is 3.83. The van der Waals surface area contributed by atoms with E-state index in [1.807, 2.05) is 4.90 Å². The second-order valence-corrected chi connectivity index (χ2v) is 5.19. The fraction of sp³-hybridized carbons (Fsp3) is 0.533. The van der Waals surface area contributed by atoms with Crippen LogP contribution in [0.5, 0.6) is 0 Å². The van der Waals surface area contributed by atoms with Crippen LogP contribution in [0.4, 0.5) is 18.9 Å². The van der Waals surface area contributed by atoms with Crippen molar-refractivity contribution in [2.24, 2.45) is 0 Å². The highest BCUT2D eigenvalue weighted by Crippen LogP contribution is 2.36. The summed E-state index contributed by atoms with van der Waals surface area (Å²) in [5.74, 6) is 0. The number of alkyl halides is 3. The number of rotatable bonds is 5. The van der Waals surface area contributed by atoms with Crippen LogP contribution in [0.3, 0.4) is 0 Å². The van der Waals surface area contributed by atoms with E-state index in [0.29, 0.717) is 18.7 Å². The van der Waals surface area contributed by atoms with Gasteiger partial charge in [-0.3, -0.25) is 0 Å². The van der Waals surface area contributed by atoms with E-state index in [9.17, 15) is 13.2 Å². The number of anilines is 1. The lowest BCUT2D eigenvalue weighted by Gasteiger charge is -2.39. The van der Waals surface area contributed by atoms with E-state index in [1.54, 1.807) is 12.1 Å². The lowest BCUT2D eigenvalue weighted by atomic mass is 9.90. The first-order valence-corrected chi connectivity index (χ1v) is 6.96. The normalized spacial score (nSPS) is 15.4. The lowest BCUT2D eigenvalue weighted by Crippen LogP contribution is -2.41. The maximum atomic E-state index is 13.0. The minimum Gasteiger partial charge on any atom is -0.396 e. The van der Waals surface area contributed by atoms with Crippen molar-refractivity contribution in [3.8, 4) is 6.07 Å². The van der Waals surface area contributed by atoms with Gasteiger partial charge in [0, 0.05) is 24.9 Å². The molecule has 114 valence electrons. The standard InChI is InChI=1S/C15H17F3N2O/c16-15(17,18)14-9-13(6-5-11(14)10-19)20(7-2-8-21)12-3-1-4-12/h5-6,9,12,21H,1-4,7-8H2. The summed E-state index contributed by atoms with van der Waals surface area (Å²) in [6.07, 6.45) is -1.05. The van der Waals surface area contributed by atoms with Crippen LogP contribution in [0, 0.1) is 11.3 Å². The van der Waals surface area contributed by atoms with Crippen molar-refractivity contribution in [2.45, 2.75) is 37.9 Å². The summed E-state index contributed by atoms with van der Waals surface area (Å²) >= 11 is 0. The number of nitriles is 1. The molecule has 0 aliphatic heterocycles. The first-order chi connectivity index (χ1) is 9.97. The molecular weight excluding hydrogens is 281 g/mol. The average Bonchev–Trinajstić information content (AvgIpc) is 2.39. The summed E-state index contributed by atoms with van der Waals surface area (Å²) in [7, 11) is 0. The molecule has 0 aromatic heterocycles. The van der Waals surface area contributed by atoms with Crippen molar-refractivity contribution in [1.82, 2.24) is 0 Å². The summed E-state index contributed by atoms with van der Waals surface area (Å²) in [4.78, 5) is 1.91. The quantitative estimate of drug-likeness (QED) is 0.907. The number of aliphatic hydroxyl groups excluding tert-OH is 1. The SMILES string of the molecule is N#Cc1ccc(N(CCCO)C2CCC2)cc1C(F)(F)F. The lowest BCUT2D eigenvalue weighted by molar-refractivity contribution is -0.137. The molecule has 0 heterocycles.